The Morgan fingerprint density at radius 3 is 2.94 bits per heavy atom. The smallest absolute Gasteiger partial charge is 0.147 e. The molecule has 0 amide bonds. The molecule has 0 aromatic carbocycles. The van der Waals surface area contributed by atoms with Gasteiger partial charge in [-0.05, 0) is 39.0 Å². The number of nitrogens with zero attached hydrogens (tertiary/aromatic N) is 2. The Labute approximate surface area is 96.1 Å². The first-order chi connectivity index (χ1) is 7.65. The largest absolute Gasteiger partial charge is 0.393 e. The third-order valence-corrected chi connectivity index (χ3v) is 3.15. The molecule has 2 atom stereocenters. The van der Waals surface area contributed by atoms with E-state index in [2.05, 4.69) is 15.3 Å². The number of nitrogens with one attached hydrogen (secondary N) is 1. The van der Waals surface area contributed by atoms with Gasteiger partial charge in [-0.3, -0.25) is 4.98 Å². The van der Waals surface area contributed by atoms with E-state index < -0.39 is 0 Å². The first-order valence-electron chi connectivity index (χ1n) is 5.87. The lowest BCUT2D eigenvalue weighted by Crippen LogP contribution is -2.14. The number of aromatic nitrogens is 2. The zero-order valence-corrected chi connectivity index (χ0v) is 9.90. The summed E-state index contributed by atoms with van der Waals surface area (Å²) in [5, 5.41) is 12.8. The number of hydrogen-bond acceptors (Lipinski definition) is 4. The number of aliphatic hydroxyl groups excluding tert-OH is 1. The summed E-state index contributed by atoms with van der Waals surface area (Å²) in [6, 6.07) is 0. The van der Waals surface area contributed by atoms with Gasteiger partial charge in [-0.15, -0.1) is 0 Å². The van der Waals surface area contributed by atoms with E-state index in [0.717, 1.165) is 43.0 Å². The van der Waals surface area contributed by atoms with E-state index in [9.17, 15) is 5.11 Å². The molecule has 1 aromatic rings. The molecule has 4 heteroatoms. The minimum absolute atomic E-state index is 0.100. The van der Waals surface area contributed by atoms with Crippen LogP contribution >= 0.6 is 0 Å². The van der Waals surface area contributed by atoms with Crippen molar-refractivity contribution < 1.29 is 5.11 Å². The molecule has 88 valence electrons. The molecule has 0 spiro atoms. The normalized spacial score (nSPS) is 24.7. The van der Waals surface area contributed by atoms with Crippen molar-refractivity contribution in [2.24, 2.45) is 5.92 Å². The summed E-state index contributed by atoms with van der Waals surface area (Å²) in [4.78, 5) is 8.68. The lowest BCUT2D eigenvalue weighted by Gasteiger charge is -2.12. The van der Waals surface area contributed by atoms with Gasteiger partial charge in [-0.2, -0.15) is 0 Å². The predicted molar refractivity (Wildman–Crippen MR) is 63.3 cm³/mol. The number of hydrogen-bond donors (Lipinski definition) is 2. The fourth-order valence-corrected chi connectivity index (χ4v) is 2.18. The van der Waals surface area contributed by atoms with E-state index in [-0.39, 0.29) is 6.10 Å². The SMILES string of the molecule is Cc1cnc(C)c(NCC2CCC(O)C2)n1. The summed E-state index contributed by atoms with van der Waals surface area (Å²) in [6.07, 6.45) is 4.62. The van der Waals surface area contributed by atoms with Crippen LogP contribution in [0.1, 0.15) is 30.7 Å². The molecule has 4 nitrogen and oxygen atoms in total. The van der Waals surface area contributed by atoms with Gasteiger partial charge in [-0.25, -0.2) is 4.98 Å². The zero-order valence-electron chi connectivity index (χ0n) is 9.90. The van der Waals surface area contributed by atoms with Gasteiger partial charge in [0.05, 0.1) is 17.5 Å². The van der Waals surface area contributed by atoms with Gasteiger partial charge in [0.15, 0.2) is 0 Å². The lowest BCUT2D eigenvalue weighted by molar-refractivity contribution is 0.178. The highest BCUT2D eigenvalue weighted by atomic mass is 16.3. The number of aliphatic hydroxyl groups is 1. The quantitative estimate of drug-likeness (QED) is 0.815. The van der Waals surface area contributed by atoms with Crippen molar-refractivity contribution in [2.45, 2.75) is 39.2 Å². The first-order valence-corrected chi connectivity index (χ1v) is 5.87. The van der Waals surface area contributed by atoms with Gasteiger partial charge in [0, 0.05) is 12.7 Å². The molecule has 2 unspecified atom stereocenters. The molecule has 1 aromatic heterocycles. The van der Waals surface area contributed by atoms with Gasteiger partial charge in [0.2, 0.25) is 0 Å². The molecule has 1 fully saturated rings. The Morgan fingerprint density at radius 1 is 1.44 bits per heavy atom. The number of aryl methyl sites for hydroxylation is 2. The molecule has 0 aliphatic heterocycles. The van der Waals surface area contributed by atoms with Crippen LogP contribution < -0.4 is 5.32 Å². The maximum atomic E-state index is 9.44. The molecule has 1 heterocycles. The van der Waals surface area contributed by atoms with Crippen LogP contribution in [0.2, 0.25) is 0 Å². The summed E-state index contributed by atoms with van der Waals surface area (Å²) < 4.78 is 0. The van der Waals surface area contributed by atoms with Crippen LogP contribution in [-0.4, -0.2) is 27.7 Å². The monoisotopic (exact) mass is 221 g/mol. The van der Waals surface area contributed by atoms with Crippen LogP contribution in [-0.2, 0) is 0 Å². The summed E-state index contributed by atoms with van der Waals surface area (Å²) in [5.74, 6) is 1.44. The van der Waals surface area contributed by atoms with E-state index in [1.165, 1.54) is 0 Å². The third kappa shape index (κ3) is 2.70. The number of rotatable bonds is 3. The van der Waals surface area contributed by atoms with Gasteiger partial charge < -0.3 is 10.4 Å². The maximum absolute atomic E-state index is 9.44. The predicted octanol–water partition coefficient (Wildman–Crippen LogP) is 1.67. The van der Waals surface area contributed by atoms with Crippen molar-refractivity contribution >= 4 is 5.82 Å². The topological polar surface area (TPSA) is 58.0 Å². The fraction of sp³-hybridized carbons (Fsp3) is 0.667. The van der Waals surface area contributed by atoms with Crippen molar-refractivity contribution in [3.63, 3.8) is 0 Å². The van der Waals surface area contributed by atoms with E-state index in [4.69, 9.17) is 0 Å². The Bertz CT molecular complexity index is 367. The fourth-order valence-electron chi connectivity index (χ4n) is 2.18. The molecular weight excluding hydrogens is 202 g/mol. The molecule has 0 bridgehead atoms. The zero-order chi connectivity index (χ0) is 11.5. The van der Waals surface area contributed by atoms with E-state index >= 15 is 0 Å². The number of anilines is 1. The molecule has 0 radical (unpaired) electrons. The van der Waals surface area contributed by atoms with Crippen LogP contribution in [0.5, 0.6) is 0 Å². The Balaban J connectivity index is 1.91. The molecule has 1 saturated carbocycles. The average molecular weight is 221 g/mol. The van der Waals surface area contributed by atoms with E-state index in [1.807, 2.05) is 13.8 Å². The maximum Gasteiger partial charge on any atom is 0.147 e. The van der Waals surface area contributed by atoms with E-state index in [1.54, 1.807) is 6.20 Å². The highest BCUT2D eigenvalue weighted by Crippen LogP contribution is 2.25. The summed E-state index contributed by atoms with van der Waals surface area (Å²) >= 11 is 0. The summed E-state index contributed by atoms with van der Waals surface area (Å²) in [7, 11) is 0. The summed E-state index contributed by atoms with van der Waals surface area (Å²) in [6.45, 7) is 4.78. The second-order valence-corrected chi connectivity index (χ2v) is 4.66. The van der Waals surface area contributed by atoms with Crippen LogP contribution in [0.3, 0.4) is 0 Å². The second kappa shape index (κ2) is 4.78. The van der Waals surface area contributed by atoms with Gasteiger partial charge in [0.1, 0.15) is 5.82 Å². The Hall–Kier alpha value is -1.16. The Morgan fingerprint density at radius 2 is 2.25 bits per heavy atom. The van der Waals surface area contributed by atoms with Crippen LogP contribution in [0.4, 0.5) is 5.82 Å². The van der Waals surface area contributed by atoms with Gasteiger partial charge >= 0.3 is 0 Å². The lowest BCUT2D eigenvalue weighted by atomic mass is 10.1. The molecule has 1 aliphatic rings. The van der Waals surface area contributed by atoms with Gasteiger partial charge in [0.25, 0.3) is 0 Å². The van der Waals surface area contributed by atoms with Crippen molar-refractivity contribution in [3.8, 4) is 0 Å². The molecular formula is C12H19N3O. The summed E-state index contributed by atoms with van der Waals surface area (Å²) in [5.41, 5.74) is 1.86. The third-order valence-electron chi connectivity index (χ3n) is 3.15. The van der Waals surface area contributed by atoms with Crippen molar-refractivity contribution in [1.29, 1.82) is 0 Å². The van der Waals surface area contributed by atoms with Crippen LogP contribution in [0.25, 0.3) is 0 Å². The molecule has 2 N–H and O–H groups in total. The van der Waals surface area contributed by atoms with Gasteiger partial charge in [-0.1, -0.05) is 0 Å². The first kappa shape index (κ1) is 11.3. The molecule has 0 saturated heterocycles. The van der Waals surface area contributed by atoms with Crippen molar-refractivity contribution in [2.75, 3.05) is 11.9 Å². The Kier molecular flexibility index (Phi) is 3.39. The van der Waals surface area contributed by atoms with Crippen molar-refractivity contribution in [3.05, 3.63) is 17.6 Å². The van der Waals surface area contributed by atoms with Crippen LogP contribution in [0.15, 0.2) is 6.20 Å². The molecule has 2 rings (SSSR count). The molecule has 1 aliphatic carbocycles. The second-order valence-electron chi connectivity index (χ2n) is 4.66. The van der Waals surface area contributed by atoms with Crippen LogP contribution in [0, 0.1) is 19.8 Å². The van der Waals surface area contributed by atoms with E-state index in [0.29, 0.717) is 5.92 Å². The minimum Gasteiger partial charge on any atom is -0.393 e. The highest BCUT2D eigenvalue weighted by Gasteiger charge is 2.22. The average Bonchev–Trinajstić information content (AvgIpc) is 2.66. The standard InChI is InChI=1S/C12H19N3O/c1-8-6-13-9(2)12(15-8)14-7-10-3-4-11(16)5-10/h6,10-11,16H,3-5,7H2,1-2H3,(H,14,15). The van der Waals surface area contributed by atoms with Crippen molar-refractivity contribution in [1.82, 2.24) is 9.97 Å². The molecule has 16 heavy (non-hydrogen) atoms. The highest BCUT2D eigenvalue weighted by molar-refractivity contribution is 5.39. The minimum atomic E-state index is -0.100.